The molecule has 2 aliphatic carbocycles. The standard InChI is InChI=1S/C12H15NO2/c1-11-4-2-3-5-12(11)10(15-12)9(14)8(6-11)7-13/h8,10H,2-6H2,1H3/t8?,10-,11-,12-/m1/s1. The molecule has 0 aromatic rings. The number of epoxide rings is 1. The first-order valence-electron chi connectivity index (χ1n) is 5.74. The van der Waals surface area contributed by atoms with Crippen molar-refractivity contribution in [3.8, 4) is 6.07 Å². The molecule has 1 unspecified atom stereocenters. The lowest BCUT2D eigenvalue weighted by Gasteiger charge is -2.43. The zero-order valence-electron chi connectivity index (χ0n) is 8.95. The average Bonchev–Trinajstić information content (AvgIpc) is 2.95. The molecule has 0 bridgehead atoms. The summed E-state index contributed by atoms with van der Waals surface area (Å²) in [7, 11) is 0. The molecular formula is C12H15NO2. The number of ether oxygens (including phenoxy) is 1. The van der Waals surface area contributed by atoms with Gasteiger partial charge in [0.1, 0.15) is 17.6 Å². The molecule has 3 rings (SSSR count). The van der Waals surface area contributed by atoms with E-state index >= 15 is 0 Å². The Bertz CT molecular complexity index is 372. The van der Waals surface area contributed by atoms with Crippen LogP contribution in [-0.4, -0.2) is 17.5 Å². The van der Waals surface area contributed by atoms with E-state index in [1.54, 1.807) is 0 Å². The second-order valence-corrected chi connectivity index (χ2v) is 5.44. The number of carbonyl (C=O) groups excluding carboxylic acids is 1. The van der Waals surface area contributed by atoms with Gasteiger partial charge in [0, 0.05) is 5.41 Å². The number of hydrogen-bond acceptors (Lipinski definition) is 3. The molecule has 0 radical (unpaired) electrons. The van der Waals surface area contributed by atoms with Crippen molar-refractivity contribution >= 4 is 5.78 Å². The van der Waals surface area contributed by atoms with Crippen LogP contribution in [0.2, 0.25) is 0 Å². The molecule has 3 nitrogen and oxygen atoms in total. The molecule has 2 saturated carbocycles. The molecule has 15 heavy (non-hydrogen) atoms. The van der Waals surface area contributed by atoms with Crippen molar-refractivity contribution in [3.05, 3.63) is 0 Å². The van der Waals surface area contributed by atoms with E-state index in [4.69, 9.17) is 10.00 Å². The Balaban J connectivity index is 1.98. The van der Waals surface area contributed by atoms with Crippen LogP contribution in [0.1, 0.15) is 39.0 Å². The van der Waals surface area contributed by atoms with Crippen LogP contribution >= 0.6 is 0 Å². The van der Waals surface area contributed by atoms with Gasteiger partial charge in [-0.25, -0.2) is 0 Å². The van der Waals surface area contributed by atoms with Gasteiger partial charge in [0.25, 0.3) is 0 Å². The quantitative estimate of drug-likeness (QED) is 0.567. The summed E-state index contributed by atoms with van der Waals surface area (Å²) < 4.78 is 5.72. The lowest BCUT2D eigenvalue weighted by Crippen LogP contribution is -2.49. The van der Waals surface area contributed by atoms with Crippen LogP contribution in [0, 0.1) is 22.7 Å². The minimum absolute atomic E-state index is 0.0388. The van der Waals surface area contributed by atoms with Crippen LogP contribution in [0.4, 0.5) is 0 Å². The fourth-order valence-corrected chi connectivity index (χ4v) is 3.65. The third-order valence-electron chi connectivity index (χ3n) is 4.66. The van der Waals surface area contributed by atoms with Gasteiger partial charge in [-0.15, -0.1) is 0 Å². The van der Waals surface area contributed by atoms with Crippen molar-refractivity contribution in [2.75, 3.05) is 0 Å². The number of rotatable bonds is 0. The van der Waals surface area contributed by atoms with Crippen molar-refractivity contribution in [2.24, 2.45) is 11.3 Å². The maximum atomic E-state index is 11.8. The van der Waals surface area contributed by atoms with E-state index in [0.29, 0.717) is 6.42 Å². The highest BCUT2D eigenvalue weighted by Crippen LogP contribution is 2.64. The lowest BCUT2D eigenvalue weighted by molar-refractivity contribution is -0.125. The zero-order chi connectivity index (χ0) is 10.7. The highest BCUT2D eigenvalue weighted by molar-refractivity contribution is 5.92. The van der Waals surface area contributed by atoms with E-state index in [1.807, 2.05) is 0 Å². The Labute approximate surface area is 89.4 Å². The Morgan fingerprint density at radius 3 is 2.93 bits per heavy atom. The molecule has 0 amide bonds. The Morgan fingerprint density at radius 2 is 2.20 bits per heavy atom. The fourth-order valence-electron chi connectivity index (χ4n) is 3.65. The highest BCUT2D eigenvalue weighted by atomic mass is 16.6. The maximum Gasteiger partial charge on any atom is 0.181 e. The van der Waals surface area contributed by atoms with Gasteiger partial charge in [-0.05, 0) is 19.3 Å². The van der Waals surface area contributed by atoms with Crippen LogP contribution in [0.5, 0.6) is 0 Å². The topological polar surface area (TPSA) is 53.4 Å². The van der Waals surface area contributed by atoms with Crippen molar-refractivity contribution in [2.45, 2.75) is 50.7 Å². The van der Waals surface area contributed by atoms with Crippen LogP contribution in [0.15, 0.2) is 0 Å². The number of nitriles is 1. The van der Waals surface area contributed by atoms with Gasteiger partial charge < -0.3 is 4.74 Å². The smallest absolute Gasteiger partial charge is 0.181 e. The molecule has 80 valence electrons. The van der Waals surface area contributed by atoms with E-state index in [1.165, 1.54) is 6.42 Å². The van der Waals surface area contributed by atoms with Crippen molar-refractivity contribution in [1.82, 2.24) is 0 Å². The number of Topliss-reactive ketones (excluding diaryl/α,β-unsaturated/α-hetero) is 1. The summed E-state index contributed by atoms with van der Waals surface area (Å²) in [5.74, 6) is -0.384. The molecule has 0 N–H and O–H groups in total. The number of carbonyl (C=O) groups is 1. The summed E-state index contributed by atoms with van der Waals surface area (Å²) in [5.41, 5.74) is -0.0973. The molecule has 1 aliphatic heterocycles. The van der Waals surface area contributed by atoms with Gasteiger partial charge in [-0.1, -0.05) is 19.8 Å². The Morgan fingerprint density at radius 1 is 1.47 bits per heavy atom. The van der Waals surface area contributed by atoms with E-state index in [0.717, 1.165) is 19.3 Å². The second-order valence-electron chi connectivity index (χ2n) is 5.44. The fraction of sp³-hybridized carbons (Fsp3) is 0.833. The highest BCUT2D eigenvalue weighted by Gasteiger charge is 2.73. The zero-order valence-corrected chi connectivity index (χ0v) is 8.95. The summed E-state index contributed by atoms with van der Waals surface area (Å²) in [6, 6.07) is 2.14. The number of ketones is 1. The van der Waals surface area contributed by atoms with Crippen molar-refractivity contribution in [1.29, 1.82) is 5.26 Å². The summed E-state index contributed by atoms with van der Waals surface area (Å²) in [4.78, 5) is 11.8. The number of nitrogens with zero attached hydrogens (tertiary/aromatic N) is 1. The van der Waals surface area contributed by atoms with E-state index in [-0.39, 0.29) is 22.9 Å². The van der Waals surface area contributed by atoms with Crippen LogP contribution in [0.3, 0.4) is 0 Å². The summed E-state index contributed by atoms with van der Waals surface area (Å²) in [5, 5.41) is 8.97. The predicted octanol–water partition coefficient (Wildman–Crippen LogP) is 1.82. The second kappa shape index (κ2) is 2.62. The van der Waals surface area contributed by atoms with Gasteiger partial charge >= 0.3 is 0 Å². The van der Waals surface area contributed by atoms with Gasteiger partial charge in [0.15, 0.2) is 5.78 Å². The molecule has 3 aliphatic rings. The van der Waals surface area contributed by atoms with E-state index < -0.39 is 5.92 Å². The lowest BCUT2D eigenvalue weighted by atomic mass is 9.57. The molecule has 1 spiro atoms. The summed E-state index contributed by atoms with van der Waals surface area (Å²) in [6.45, 7) is 2.20. The predicted molar refractivity (Wildman–Crippen MR) is 52.9 cm³/mol. The molecule has 0 aromatic heterocycles. The van der Waals surface area contributed by atoms with Gasteiger partial charge in [-0.2, -0.15) is 5.26 Å². The molecule has 4 atom stereocenters. The molecule has 0 aromatic carbocycles. The van der Waals surface area contributed by atoms with Crippen molar-refractivity contribution < 1.29 is 9.53 Å². The largest absolute Gasteiger partial charge is 0.357 e. The average molecular weight is 205 g/mol. The molecule has 3 fully saturated rings. The minimum atomic E-state index is -0.422. The van der Waals surface area contributed by atoms with Crippen LogP contribution < -0.4 is 0 Å². The van der Waals surface area contributed by atoms with Crippen LogP contribution in [-0.2, 0) is 9.53 Å². The first-order chi connectivity index (χ1) is 7.13. The Kier molecular flexibility index (Phi) is 1.63. The maximum absolute atomic E-state index is 11.8. The first kappa shape index (κ1) is 9.35. The third-order valence-corrected chi connectivity index (χ3v) is 4.66. The molecular weight excluding hydrogens is 190 g/mol. The first-order valence-corrected chi connectivity index (χ1v) is 5.74. The Hall–Kier alpha value is -0.880. The minimum Gasteiger partial charge on any atom is -0.357 e. The van der Waals surface area contributed by atoms with E-state index in [9.17, 15) is 4.79 Å². The molecule has 3 heteroatoms. The number of hydrogen-bond donors (Lipinski definition) is 0. The van der Waals surface area contributed by atoms with Crippen LogP contribution in [0.25, 0.3) is 0 Å². The molecule has 1 heterocycles. The SMILES string of the molecule is C[C@]12CCCC[C@]13O[C@@H]3C(=O)C(C#N)C2. The van der Waals surface area contributed by atoms with Gasteiger partial charge in [0.2, 0.25) is 0 Å². The summed E-state index contributed by atoms with van der Waals surface area (Å²) >= 11 is 0. The monoisotopic (exact) mass is 205 g/mol. The van der Waals surface area contributed by atoms with Crippen molar-refractivity contribution in [3.63, 3.8) is 0 Å². The van der Waals surface area contributed by atoms with Gasteiger partial charge in [0.05, 0.1) is 6.07 Å². The third kappa shape index (κ3) is 0.959. The summed E-state index contributed by atoms with van der Waals surface area (Å²) in [6.07, 6.45) is 4.95. The normalized spacial score (nSPS) is 52.7. The van der Waals surface area contributed by atoms with Gasteiger partial charge in [-0.3, -0.25) is 4.79 Å². The van der Waals surface area contributed by atoms with E-state index in [2.05, 4.69) is 13.0 Å². The molecule has 1 saturated heterocycles.